The summed E-state index contributed by atoms with van der Waals surface area (Å²) < 4.78 is 97.7. The number of rotatable bonds is 7. The molecule has 0 amide bonds. The molecule has 9 heteroatoms. The first-order valence-electron chi connectivity index (χ1n) is 14.5. The van der Waals surface area contributed by atoms with Gasteiger partial charge in [-0.3, -0.25) is 0 Å². The van der Waals surface area contributed by atoms with Crippen LogP contribution in [0.15, 0.2) is 42.5 Å². The van der Waals surface area contributed by atoms with Crippen molar-refractivity contribution in [3.8, 4) is 16.9 Å². The van der Waals surface area contributed by atoms with Crippen molar-refractivity contribution in [1.29, 1.82) is 0 Å². The quantitative estimate of drug-likeness (QED) is 0.200. The average Bonchev–Trinajstić information content (AvgIpc) is 3.01. The average molecular weight is 603 g/mol. The lowest BCUT2D eigenvalue weighted by molar-refractivity contribution is 0.0123. The molecule has 1 fully saturated rings. The van der Waals surface area contributed by atoms with E-state index in [4.69, 9.17) is 9.47 Å². The van der Waals surface area contributed by atoms with Gasteiger partial charge in [-0.1, -0.05) is 24.3 Å². The van der Waals surface area contributed by atoms with Crippen molar-refractivity contribution in [1.82, 2.24) is 0 Å². The van der Waals surface area contributed by atoms with Crippen LogP contribution in [0.4, 0.5) is 26.3 Å². The van der Waals surface area contributed by atoms with Crippen LogP contribution in [0.25, 0.3) is 16.7 Å². The smallest absolute Gasteiger partial charge is 0.341 e. The first-order valence-corrected chi connectivity index (χ1v) is 14.5. The third-order valence-electron chi connectivity index (χ3n) is 8.67. The highest BCUT2D eigenvalue weighted by atomic mass is 19.2. The number of carbonyl (C=O) groups is 1. The predicted octanol–water partition coefficient (Wildman–Crippen LogP) is 9.49. The number of allylic oxidation sites excluding steroid dienone is 2. The maximum atomic E-state index is 14.9. The minimum Gasteiger partial charge on any atom is -0.491 e. The molecule has 0 spiro atoms. The zero-order chi connectivity index (χ0) is 30.8. The van der Waals surface area contributed by atoms with E-state index >= 15 is 0 Å². The fourth-order valence-electron chi connectivity index (χ4n) is 6.24. The van der Waals surface area contributed by atoms with Crippen LogP contribution >= 0.6 is 0 Å². The summed E-state index contributed by atoms with van der Waals surface area (Å²) in [6.45, 7) is 3.29. The summed E-state index contributed by atoms with van der Waals surface area (Å²) in [7, 11) is 0. The molecule has 0 saturated heterocycles. The minimum absolute atomic E-state index is 0.0257. The summed E-state index contributed by atoms with van der Waals surface area (Å²) in [6, 6.07) is 7.48. The first kappa shape index (κ1) is 30.7. The lowest BCUT2D eigenvalue weighted by Gasteiger charge is -2.35. The van der Waals surface area contributed by atoms with Gasteiger partial charge in [0.15, 0.2) is 34.8 Å². The molecule has 1 atom stereocenters. The number of carbonyl (C=O) groups excluding carboxylic acids is 1. The number of ether oxygens (including phenoxy) is 2. The van der Waals surface area contributed by atoms with Gasteiger partial charge in [0.1, 0.15) is 6.10 Å². The van der Waals surface area contributed by atoms with Gasteiger partial charge in [-0.25, -0.2) is 26.7 Å². The molecule has 0 N–H and O–H groups in total. The van der Waals surface area contributed by atoms with Crippen LogP contribution in [0.3, 0.4) is 0 Å². The van der Waals surface area contributed by atoms with Crippen molar-refractivity contribution in [2.45, 2.75) is 64.9 Å². The van der Waals surface area contributed by atoms with Gasteiger partial charge in [0.2, 0.25) is 5.82 Å². The van der Waals surface area contributed by atoms with Crippen molar-refractivity contribution in [2.75, 3.05) is 6.61 Å². The topological polar surface area (TPSA) is 35.5 Å². The van der Waals surface area contributed by atoms with Crippen molar-refractivity contribution in [3.05, 3.63) is 94.1 Å². The van der Waals surface area contributed by atoms with Gasteiger partial charge in [-0.2, -0.15) is 4.39 Å². The molecule has 43 heavy (non-hydrogen) atoms. The van der Waals surface area contributed by atoms with Crippen LogP contribution in [-0.2, 0) is 4.74 Å². The van der Waals surface area contributed by atoms with Crippen molar-refractivity contribution >= 4 is 11.5 Å². The summed E-state index contributed by atoms with van der Waals surface area (Å²) in [4.78, 5) is 12.7. The minimum atomic E-state index is -1.48. The molecule has 0 aliphatic heterocycles. The monoisotopic (exact) mass is 602 g/mol. The molecule has 3 aromatic carbocycles. The predicted molar refractivity (Wildman–Crippen MR) is 150 cm³/mol. The zero-order valence-electron chi connectivity index (χ0n) is 23.9. The Morgan fingerprint density at radius 2 is 1.35 bits per heavy atom. The van der Waals surface area contributed by atoms with Crippen LogP contribution in [0.5, 0.6) is 5.75 Å². The Kier molecular flexibility index (Phi) is 9.18. The lowest BCUT2D eigenvalue weighted by Crippen LogP contribution is -2.28. The van der Waals surface area contributed by atoms with Gasteiger partial charge in [-0.05, 0) is 100.0 Å². The highest BCUT2D eigenvalue weighted by molar-refractivity contribution is 5.90. The van der Waals surface area contributed by atoms with Crippen LogP contribution in [-0.4, -0.2) is 18.7 Å². The molecule has 0 heterocycles. The summed E-state index contributed by atoms with van der Waals surface area (Å²) >= 11 is 0. The highest BCUT2D eigenvalue weighted by Crippen LogP contribution is 2.42. The van der Waals surface area contributed by atoms with Gasteiger partial charge in [-0.15, -0.1) is 0 Å². The van der Waals surface area contributed by atoms with E-state index in [-0.39, 0.29) is 23.5 Å². The molecule has 3 nitrogen and oxygen atoms in total. The first-order chi connectivity index (χ1) is 20.6. The molecule has 1 saturated carbocycles. The standard InChI is InChI=1S/C34H32F6O3/c1-3-42-27-17-16-23(29(36)33(27)40)21-7-5-19(6-8-21)20-9-11-22(12-10-20)43-34(41)26-15-14-25(31(38)32(26)39)24-13-4-18(2)28(35)30(24)37/h4,7,13-17,19-20,22H,3,5-6,8-12H2,1-2H3. The van der Waals surface area contributed by atoms with E-state index in [0.29, 0.717) is 31.1 Å². The molecule has 228 valence electrons. The maximum Gasteiger partial charge on any atom is 0.341 e. The number of halogens is 6. The second-order valence-corrected chi connectivity index (χ2v) is 11.2. The normalized spacial score (nSPS) is 20.5. The molecule has 5 rings (SSSR count). The Hall–Kier alpha value is -3.75. The van der Waals surface area contributed by atoms with E-state index in [1.54, 1.807) is 13.0 Å². The number of aryl methyl sites for hydroxylation is 1. The molecule has 0 radical (unpaired) electrons. The number of esters is 1. The summed E-state index contributed by atoms with van der Waals surface area (Å²) in [6.07, 6.45) is 6.30. The second-order valence-electron chi connectivity index (χ2n) is 11.2. The Labute approximate surface area is 246 Å². The van der Waals surface area contributed by atoms with Crippen LogP contribution in [0.1, 0.15) is 73.4 Å². The van der Waals surface area contributed by atoms with Crippen LogP contribution in [0, 0.1) is 53.7 Å². The molecule has 1 unspecified atom stereocenters. The summed E-state index contributed by atoms with van der Waals surface area (Å²) in [5, 5.41) is 0. The Morgan fingerprint density at radius 3 is 2.00 bits per heavy atom. The molecule has 0 aromatic heterocycles. The van der Waals surface area contributed by atoms with Gasteiger partial charge in [0, 0.05) is 16.7 Å². The van der Waals surface area contributed by atoms with Crippen molar-refractivity contribution in [3.63, 3.8) is 0 Å². The number of hydrogen-bond donors (Lipinski definition) is 0. The molecule has 2 aliphatic rings. The summed E-state index contributed by atoms with van der Waals surface area (Å²) in [5.74, 6) is -7.69. The third kappa shape index (κ3) is 6.17. The Morgan fingerprint density at radius 1 is 0.721 bits per heavy atom. The lowest BCUT2D eigenvalue weighted by atomic mass is 9.72. The number of benzene rings is 3. The van der Waals surface area contributed by atoms with E-state index in [0.717, 1.165) is 49.5 Å². The second kappa shape index (κ2) is 12.9. The Balaban J connectivity index is 1.18. The molecule has 2 aliphatic carbocycles. The van der Waals surface area contributed by atoms with Crippen molar-refractivity contribution in [2.24, 2.45) is 11.8 Å². The highest BCUT2D eigenvalue weighted by Gasteiger charge is 2.32. The van der Waals surface area contributed by atoms with E-state index in [9.17, 15) is 31.1 Å². The van der Waals surface area contributed by atoms with E-state index in [1.807, 2.05) is 6.08 Å². The fourth-order valence-corrected chi connectivity index (χ4v) is 6.24. The largest absolute Gasteiger partial charge is 0.491 e. The molecular formula is C34H32F6O3. The molecule has 0 bridgehead atoms. The SMILES string of the molecule is CCOc1ccc(C2=CCC(C3CCC(OC(=O)c4ccc(-c5ccc(C)c(F)c5F)c(F)c4F)CC3)CC2)c(F)c1F. The van der Waals surface area contributed by atoms with E-state index in [2.05, 4.69) is 0 Å². The van der Waals surface area contributed by atoms with E-state index in [1.165, 1.54) is 19.1 Å². The summed E-state index contributed by atoms with van der Waals surface area (Å²) in [5.41, 5.74) is -0.501. The molecular weight excluding hydrogens is 570 g/mol. The Bertz CT molecular complexity index is 1560. The van der Waals surface area contributed by atoms with Gasteiger partial charge < -0.3 is 9.47 Å². The van der Waals surface area contributed by atoms with Gasteiger partial charge in [0.25, 0.3) is 0 Å². The third-order valence-corrected chi connectivity index (χ3v) is 8.67. The van der Waals surface area contributed by atoms with Crippen LogP contribution < -0.4 is 4.74 Å². The van der Waals surface area contributed by atoms with Crippen molar-refractivity contribution < 1.29 is 40.6 Å². The molecule has 3 aromatic rings. The maximum absolute atomic E-state index is 14.9. The van der Waals surface area contributed by atoms with Gasteiger partial charge in [0.05, 0.1) is 12.2 Å². The van der Waals surface area contributed by atoms with Crippen LogP contribution in [0.2, 0.25) is 0 Å². The fraction of sp³-hybridized carbons (Fsp3) is 0.382. The zero-order valence-corrected chi connectivity index (χ0v) is 23.9. The van der Waals surface area contributed by atoms with Gasteiger partial charge >= 0.3 is 5.97 Å². The van der Waals surface area contributed by atoms with E-state index < -0.39 is 63.7 Å². The number of hydrogen-bond acceptors (Lipinski definition) is 3.